The number of carbonyl (C=O) groups excluding carboxylic acids is 1. The van der Waals surface area contributed by atoms with Gasteiger partial charge in [-0.2, -0.15) is 0 Å². The Bertz CT molecular complexity index is 416. The van der Waals surface area contributed by atoms with Crippen molar-refractivity contribution >= 4 is 18.3 Å². The van der Waals surface area contributed by atoms with Crippen LogP contribution >= 0.6 is 12.4 Å². The molecule has 1 amide bonds. The zero-order valence-corrected chi connectivity index (χ0v) is 12.9. The predicted molar refractivity (Wildman–Crippen MR) is 82.3 cm³/mol. The second-order valence-corrected chi connectivity index (χ2v) is 5.07. The van der Waals surface area contributed by atoms with Crippen molar-refractivity contribution in [3.8, 4) is 5.75 Å². The molecule has 1 saturated heterocycles. The molecule has 4 nitrogen and oxygen atoms in total. The van der Waals surface area contributed by atoms with Crippen LogP contribution in [0.5, 0.6) is 5.75 Å². The Morgan fingerprint density at radius 2 is 1.90 bits per heavy atom. The number of hydrogen-bond acceptors (Lipinski definition) is 3. The van der Waals surface area contributed by atoms with Gasteiger partial charge in [0.05, 0.1) is 7.11 Å². The smallest absolute Gasteiger partial charge is 0.225 e. The second-order valence-electron chi connectivity index (χ2n) is 5.07. The summed E-state index contributed by atoms with van der Waals surface area (Å²) in [5.74, 6) is 1.29. The SMILES string of the molecule is COc1ccc(CN(C)C(=O)C2CCNCC2)cc1.Cl. The first-order chi connectivity index (χ1) is 9.20. The van der Waals surface area contributed by atoms with Crippen molar-refractivity contribution in [1.82, 2.24) is 10.2 Å². The first-order valence-electron chi connectivity index (χ1n) is 6.79. The maximum Gasteiger partial charge on any atom is 0.225 e. The van der Waals surface area contributed by atoms with E-state index in [2.05, 4.69) is 5.32 Å². The molecule has 0 atom stereocenters. The van der Waals surface area contributed by atoms with Crippen LogP contribution in [0.2, 0.25) is 0 Å². The Morgan fingerprint density at radius 3 is 2.45 bits per heavy atom. The van der Waals surface area contributed by atoms with Gasteiger partial charge in [0.2, 0.25) is 5.91 Å². The number of ether oxygens (including phenoxy) is 1. The number of nitrogens with one attached hydrogen (secondary N) is 1. The van der Waals surface area contributed by atoms with E-state index in [4.69, 9.17) is 4.74 Å². The van der Waals surface area contributed by atoms with E-state index in [9.17, 15) is 4.79 Å². The number of carbonyl (C=O) groups is 1. The van der Waals surface area contributed by atoms with E-state index in [1.165, 1.54) is 0 Å². The summed E-state index contributed by atoms with van der Waals surface area (Å²) in [5, 5.41) is 3.29. The number of benzene rings is 1. The molecule has 1 N–H and O–H groups in total. The lowest BCUT2D eigenvalue weighted by molar-refractivity contribution is -0.135. The number of rotatable bonds is 4. The molecule has 0 aliphatic carbocycles. The summed E-state index contributed by atoms with van der Waals surface area (Å²) >= 11 is 0. The highest BCUT2D eigenvalue weighted by molar-refractivity contribution is 5.85. The Kier molecular flexibility index (Phi) is 6.82. The van der Waals surface area contributed by atoms with Crippen LogP contribution in [0.3, 0.4) is 0 Å². The van der Waals surface area contributed by atoms with Crippen LogP contribution in [0.25, 0.3) is 0 Å². The summed E-state index contributed by atoms with van der Waals surface area (Å²) in [5.41, 5.74) is 1.13. The molecule has 5 heteroatoms. The number of methoxy groups -OCH3 is 1. The molecule has 1 aromatic rings. The maximum absolute atomic E-state index is 12.3. The van der Waals surface area contributed by atoms with E-state index in [-0.39, 0.29) is 24.2 Å². The fourth-order valence-electron chi connectivity index (χ4n) is 2.46. The van der Waals surface area contributed by atoms with Crippen molar-refractivity contribution in [2.75, 3.05) is 27.2 Å². The third-order valence-electron chi connectivity index (χ3n) is 3.64. The van der Waals surface area contributed by atoms with Gasteiger partial charge in [-0.05, 0) is 43.6 Å². The van der Waals surface area contributed by atoms with E-state index in [0.29, 0.717) is 6.54 Å². The van der Waals surface area contributed by atoms with Crippen molar-refractivity contribution < 1.29 is 9.53 Å². The van der Waals surface area contributed by atoms with Gasteiger partial charge in [0, 0.05) is 19.5 Å². The number of amides is 1. The van der Waals surface area contributed by atoms with Gasteiger partial charge in [-0.15, -0.1) is 12.4 Å². The molecule has 2 rings (SSSR count). The second kappa shape index (κ2) is 8.12. The minimum Gasteiger partial charge on any atom is -0.497 e. The summed E-state index contributed by atoms with van der Waals surface area (Å²) in [6.45, 7) is 2.56. The molecule has 0 bridgehead atoms. The molecule has 1 heterocycles. The van der Waals surface area contributed by atoms with E-state index >= 15 is 0 Å². The molecule has 0 aromatic heterocycles. The molecular formula is C15H23ClN2O2. The van der Waals surface area contributed by atoms with Crippen LogP contribution in [0.4, 0.5) is 0 Å². The molecule has 20 heavy (non-hydrogen) atoms. The molecule has 0 saturated carbocycles. The summed E-state index contributed by atoms with van der Waals surface area (Å²) in [7, 11) is 3.54. The zero-order chi connectivity index (χ0) is 13.7. The molecule has 0 spiro atoms. The quantitative estimate of drug-likeness (QED) is 0.925. The Balaban J connectivity index is 0.00000200. The van der Waals surface area contributed by atoms with Crippen LogP contribution in [0.15, 0.2) is 24.3 Å². The Labute approximate surface area is 126 Å². The Hall–Kier alpha value is -1.26. The molecule has 0 radical (unpaired) electrons. The highest BCUT2D eigenvalue weighted by Crippen LogP contribution is 2.17. The van der Waals surface area contributed by atoms with Gasteiger partial charge in [-0.3, -0.25) is 4.79 Å². The van der Waals surface area contributed by atoms with Gasteiger partial charge in [0.1, 0.15) is 5.75 Å². The highest BCUT2D eigenvalue weighted by atomic mass is 35.5. The summed E-state index contributed by atoms with van der Waals surface area (Å²) in [4.78, 5) is 14.1. The molecule has 1 aliphatic heterocycles. The fourth-order valence-corrected chi connectivity index (χ4v) is 2.46. The fraction of sp³-hybridized carbons (Fsp3) is 0.533. The van der Waals surface area contributed by atoms with E-state index in [1.54, 1.807) is 7.11 Å². The predicted octanol–water partition coefficient (Wildman–Crippen LogP) is 2.07. The lowest BCUT2D eigenvalue weighted by Crippen LogP contribution is -2.38. The first-order valence-corrected chi connectivity index (χ1v) is 6.79. The van der Waals surface area contributed by atoms with Gasteiger partial charge >= 0.3 is 0 Å². The topological polar surface area (TPSA) is 41.6 Å². The summed E-state index contributed by atoms with van der Waals surface area (Å²) in [6.07, 6.45) is 1.90. The van der Waals surface area contributed by atoms with Crippen LogP contribution in [-0.2, 0) is 11.3 Å². The lowest BCUT2D eigenvalue weighted by atomic mass is 9.96. The first kappa shape index (κ1) is 16.8. The normalized spacial score (nSPS) is 15.3. The van der Waals surface area contributed by atoms with Crippen LogP contribution < -0.4 is 10.1 Å². The lowest BCUT2D eigenvalue weighted by Gasteiger charge is -2.27. The zero-order valence-electron chi connectivity index (χ0n) is 12.1. The summed E-state index contributed by atoms with van der Waals surface area (Å²) < 4.78 is 5.13. The molecule has 1 aliphatic rings. The molecular weight excluding hydrogens is 276 g/mol. The van der Waals surface area contributed by atoms with Gasteiger partial charge in [-0.25, -0.2) is 0 Å². The van der Waals surface area contributed by atoms with Crippen molar-refractivity contribution in [3.05, 3.63) is 29.8 Å². The maximum atomic E-state index is 12.3. The standard InChI is InChI=1S/C15H22N2O2.ClH/c1-17(15(18)13-7-9-16-10-8-13)11-12-3-5-14(19-2)6-4-12;/h3-6,13,16H,7-11H2,1-2H3;1H. The third kappa shape index (κ3) is 4.39. The Morgan fingerprint density at radius 1 is 1.30 bits per heavy atom. The van der Waals surface area contributed by atoms with Crippen molar-refractivity contribution in [2.24, 2.45) is 5.92 Å². The van der Waals surface area contributed by atoms with Gasteiger partial charge < -0.3 is 15.0 Å². The minimum absolute atomic E-state index is 0. The van der Waals surface area contributed by atoms with Crippen molar-refractivity contribution in [3.63, 3.8) is 0 Å². The van der Waals surface area contributed by atoms with Crippen LogP contribution in [0, 0.1) is 5.92 Å². The summed E-state index contributed by atoms with van der Waals surface area (Å²) in [6, 6.07) is 7.87. The van der Waals surface area contributed by atoms with Crippen LogP contribution in [0.1, 0.15) is 18.4 Å². The number of nitrogens with zero attached hydrogens (tertiary/aromatic N) is 1. The van der Waals surface area contributed by atoms with E-state index in [1.807, 2.05) is 36.2 Å². The van der Waals surface area contributed by atoms with Crippen molar-refractivity contribution in [1.29, 1.82) is 0 Å². The number of hydrogen-bond donors (Lipinski definition) is 1. The van der Waals surface area contributed by atoms with Gasteiger partial charge in [0.15, 0.2) is 0 Å². The molecule has 1 fully saturated rings. The highest BCUT2D eigenvalue weighted by Gasteiger charge is 2.23. The number of halogens is 1. The third-order valence-corrected chi connectivity index (χ3v) is 3.64. The van der Waals surface area contributed by atoms with Gasteiger partial charge in [-0.1, -0.05) is 12.1 Å². The monoisotopic (exact) mass is 298 g/mol. The number of piperidine rings is 1. The molecule has 0 unspecified atom stereocenters. The van der Waals surface area contributed by atoms with E-state index in [0.717, 1.165) is 37.2 Å². The molecule has 1 aromatic carbocycles. The van der Waals surface area contributed by atoms with Crippen LogP contribution in [-0.4, -0.2) is 38.1 Å². The largest absolute Gasteiger partial charge is 0.497 e. The molecule has 112 valence electrons. The van der Waals surface area contributed by atoms with Gasteiger partial charge in [0.25, 0.3) is 0 Å². The van der Waals surface area contributed by atoms with E-state index < -0.39 is 0 Å². The minimum atomic E-state index is 0. The average molecular weight is 299 g/mol. The average Bonchev–Trinajstić information content (AvgIpc) is 2.48. The van der Waals surface area contributed by atoms with Crippen molar-refractivity contribution in [2.45, 2.75) is 19.4 Å².